The van der Waals surface area contributed by atoms with Crippen molar-refractivity contribution in [2.75, 3.05) is 13.2 Å². The van der Waals surface area contributed by atoms with Gasteiger partial charge in [-0.2, -0.15) is 0 Å². The molecule has 0 bridgehead atoms. The van der Waals surface area contributed by atoms with Crippen molar-refractivity contribution in [1.29, 1.82) is 0 Å². The second-order valence-electron chi connectivity index (χ2n) is 4.10. The Bertz CT molecular complexity index is 628. The first-order valence-corrected chi connectivity index (χ1v) is 7.27. The minimum absolute atomic E-state index is 0.0335. The Labute approximate surface area is 135 Å². The van der Waals surface area contributed by atoms with E-state index in [4.69, 9.17) is 26.2 Å². The van der Waals surface area contributed by atoms with E-state index in [0.29, 0.717) is 11.6 Å². The summed E-state index contributed by atoms with van der Waals surface area (Å²) in [6.45, 7) is 0.543. The summed E-state index contributed by atoms with van der Waals surface area (Å²) in [5, 5.41) is 9.43. The number of aromatic carboxylic acids is 1. The van der Waals surface area contributed by atoms with Crippen LogP contribution in [0.5, 0.6) is 11.5 Å². The van der Waals surface area contributed by atoms with Crippen LogP contribution < -0.4 is 9.47 Å². The lowest BCUT2D eigenvalue weighted by Crippen LogP contribution is -2.11. The van der Waals surface area contributed by atoms with Crippen LogP contribution in [-0.4, -0.2) is 24.3 Å². The average molecular weight is 372 g/mol. The molecule has 2 rings (SSSR count). The van der Waals surface area contributed by atoms with Crippen molar-refractivity contribution in [3.63, 3.8) is 0 Å². The quantitative estimate of drug-likeness (QED) is 0.771. The zero-order chi connectivity index (χ0) is 15.2. The molecule has 110 valence electrons. The predicted molar refractivity (Wildman–Crippen MR) is 83.5 cm³/mol. The zero-order valence-corrected chi connectivity index (χ0v) is 13.2. The highest BCUT2D eigenvalue weighted by Crippen LogP contribution is 2.23. The summed E-state index contributed by atoms with van der Waals surface area (Å²) in [5.41, 5.74) is 0.0335. The standard InChI is InChI=1S/C15H12BrClO4/c16-10-1-4-12(5-2-10)20-7-8-21-14-6-3-11(17)9-13(14)15(18)19/h1-6,9H,7-8H2,(H,18,19). The summed E-state index contributed by atoms with van der Waals surface area (Å²) in [5.74, 6) is -0.0935. The van der Waals surface area contributed by atoms with E-state index < -0.39 is 5.97 Å². The van der Waals surface area contributed by atoms with Crippen LogP contribution in [0.25, 0.3) is 0 Å². The van der Waals surface area contributed by atoms with E-state index in [1.54, 1.807) is 6.07 Å². The first-order chi connectivity index (χ1) is 10.1. The minimum Gasteiger partial charge on any atom is -0.490 e. The number of carboxylic acids is 1. The smallest absolute Gasteiger partial charge is 0.339 e. The maximum absolute atomic E-state index is 11.1. The molecule has 0 aliphatic heterocycles. The second kappa shape index (κ2) is 7.33. The zero-order valence-electron chi connectivity index (χ0n) is 10.9. The maximum atomic E-state index is 11.1. The molecule has 0 aliphatic rings. The number of carboxylic acid groups (broad SMARTS) is 1. The second-order valence-corrected chi connectivity index (χ2v) is 5.45. The number of rotatable bonds is 6. The molecule has 21 heavy (non-hydrogen) atoms. The van der Waals surface area contributed by atoms with Gasteiger partial charge in [0.05, 0.1) is 0 Å². The minimum atomic E-state index is -1.08. The van der Waals surface area contributed by atoms with Crippen LogP contribution in [0.1, 0.15) is 10.4 Å². The third-order valence-electron chi connectivity index (χ3n) is 2.60. The topological polar surface area (TPSA) is 55.8 Å². The van der Waals surface area contributed by atoms with Crippen LogP contribution in [0.15, 0.2) is 46.9 Å². The number of hydrogen-bond donors (Lipinski definition) is 1. The Kier molecular flexibility index (Phi) is 5.47. The Morgan fingerprint density at radius 1 is 1.10 bits per heavy atom. The SMILES string of the molecule is O=C(O)c1cc(Cl)ccc1OCCOc1ccc(Br)cc1. The van der Waals surface area contributed by atoms with E-state index in [0.717, 1.165) is 10.2 Å². The van der Waals surface area contributed by atoms with Gasteiger partial charge < -0.3 is 14.6 Å². The van der Waals surface area contributed by atoms with E-state index in [1.807, 2.05) is 24.3 Å². The molecule has 0 spiro atoms. The Balaban J connectivity index is 1.89. The van der Waals surface area contributed by atoms with Crippen LogP contribution in [0.3, 0.4) is 0 Å². The van der Waals surface area contributed by atoms with Crippen molar-refractivity contribution >= 4 is 33.5 Å². The van der Waals surface area contributed by atoms with Crippen LogP contribution in [0, 0.1) is 0 Å². The van der Waals surface area contributed by atoms with Crippen molar-refractivity contribution in [2.45, 2.75) is 0 Å². The largest absolute Gasteiger partial charge is 0.490 e. The van der Waals surface area contributed by atoms with Gasteiger partial charge in [-0.15, -0.1) is 0 Å². The summed E-state index contributed by atoms with van der Waals surface area (Å²) in [7, 11) is 0. The highest BCUT2D eigenvalue weighted by Gasteiger charge is 2.11. The molecule has 0 unspecified atom stereocenters. The van der Waals surface area contributed by atoms with Crippen molar-refractivity contribution in [1.82, 2.24) is 0 Å². The normalized spacial score (nSPS) is 10.2. The fourth-order valence-electron chi connectivity index (χ4n) is 1.64. The molecule has 0 atom stereocenters. The summed E-state index contributed by atoms with van der Waals surface area (Å²) in [6.07, 6.45) is 0. The molecule has 0 heterocycles. The third-order valence-corrected chi connectivity index (χ3v) is 3.36. The van der Waals surface area contributed by atoms with E-state index in [-0.39, 0.29) is 17.9 Å². The highest BCUT2D eigenvalue weighted by molar-refractivity contribution is 9.10. The maximum Gasteiger partial charge on any atom is 0.339 e. The van der Waals surface area contributed by atoms with Crippen LogP contribution in [-0.2, 0) is 0 Å². The van der Waals surface area contributed by atoms with Crippen molar-refractivity contribution in [2.24, 2.45) is 0 Å². The highest BCUT2D eigenvalue weighted by atomic mass is 79.9. The lowest BCUT2D eigenvalue weighted by Gasteiger charge is -2.10. The molecule has 2 aromatic rings. The van der Waals surface area contributed by atoms with Gasteiger partial charge in [-0.05, 0) is 42.5 Å². The number of halogens is 2. The number of carbonyl (C=O) groups is 1. The van der Waals surface area contributed by atoms with Gasteiger partial charge >= 0.3 is 5.97 Å². The van der Waals surface area contributed by atoms with Gasteiger partial charge in [0.2, 0.25) is 0 Å². The summed E-state index contributed by atoms with van der Waals surface area (Å²) in [6, 6.07) is 11.9. The molecular formula is C15H12BrClO4. The molecule has 0 aliphatic carbocycles. The van der Waals surface area contributed by atoms with Crippen LogP contribution in [0.2, 0.25) is 5.02 Å². The van der Waals surface area contributed by atoms with Gasteiger partial charge in [-0.1, -0.05) is 27.5 Å². The molecule has 0 saturated carbocycles. The molecule has 0 aromatic heterocycles. The fraction of sp³-hybridized carbons (Fsp3) is 0.133. The van der Waals surface area contributed by atoms with E-state index in [9.17, 15) is 4.79 Å². The molecule has 0 radical (unpaired) electrons. The van der Waals surface area contributed by atoms with Crippen LogP contribution in [0.4, 0.5) is 0 Å². The predicted octanol–water partition coefficient (Wildman–Crippen LogP) is 4.26. The van der Waals surface area contributed by atoms with Gasteiger partial charge in [-0.25, -0.2) is 4.79 Å². The number of ether oxygens (including phenoxy) is 2. The van der Waals surface area contributed by atoms with Gasteiger partial charge in [0.25, 0.3) is 0 Å². The molecule has 4 nitrogen and oxygen atoms in total. The van der Waals surface area contributed by atoms with Gasteiger partial charge in [0, 0.05) is 9.50 Å². The van der Waals surface area contributed by atoms with E-state index >= 15 is 0 Å². The van der Waals surface area contributed by atoms with Gasteiger partial charge in [0.15, 0.2) is 0 Å². The first-order valence-electron chi connectivity index (χ1n) is 6.10. The lowest BCUT2D eigenvalue weighted by atomic mass is 10.2. The summed E-state index contributed by atoms with van der Waals surface area (Å²) < 4.78 is 11.9. The van der Waals surface area contributed by atoms with Crippen molar-refractivity contribution < 1.29 is 19.4 Å². The van der Waals surface area contributed by atoms with Gasteiger partial charge in [-0.3, -0.25) is 0 Å². The molecule has 0 fully saturated rings. The molecule has 1 N–H and O–H groups in total. The Morgan fingerprint density at radius 3 is 2.43 bits per heavy atom. The molecule has 0 saturated heterocycles. The number of hydrogen-bond acceptors (Lipinski definition) is 3. The fourth-order valence-corrected chi connectivity index (χ4v) is 2.07. The van der Waals surface area contributed by atoms with E-state index in [2.05, 4.69) is 15.9 Å². The Hall–Kier alpha value is -1.72. The summed E-state index contributed by atoms with van der Waals surface area (Å²) >= 11 is 9.11. The average Bonchev–Trinajstić information content (AvgIpc) is 2.46. The number of benzene rings is 2. The molecule has 0 amide bonds. The van der Waals surface area contributed by atoms with Crippen molar-refractivity contribution in [3.05, 3.63) is 57.5 Å². The Morgan fingerprint density at radius 2 is 1.76 bits per heavy atom. The van der Waals surface area contributed by atoms with Crippen molar-refractivity contribution in [3.8, 4) is 11.5 Å². The monoisotopic (exact) mass is 370 g/mol. The molecule has 6 heteroatoms. The van der Waals surface area contributed by atoms with Gasteiger partial charge in [0.1, 0.15) is 30.3 Å². The van der Waals surface area contributed by atoms with Crippen LogP contribution >= 0.6 is 27.5 Å². The third kappa shape index (κ3) is 4.65. The first kappa shape index (κ1) is 15.7. The molecular weight excluding hydrogens is 360 g/mol. The summed E-state index contributed by atoms with van der Waals surface area (Å²) in [4.78, 5) is 11.1. The molecule has 2 aromatic carbocycles. The van der Waals surface area contributed by atoms with E-state index in [1.165, 1.54) is 12.1 Å². The lowest BCUT2D eigenvalue weighted by molar-refractivity contribution is 0.0691.